The van der Waals surface area contributed by atoms with Crippen molar-refractivity contribution in [2.75, 3.05) is 31.1 Å². The fraction of sp³-hybridized carbons (Fsp3) is 0.227. The molecule has 2 aromatic carbocycles. The lowest BCUT2D eigenvalue weighted by molar-refractivity contribution is -0.141. The maximum atomic E-state index is 13.4. The van der Waals surface area contributed by atoms with Gasteiger partial charge in [-0.2, -0.15) is 13.2 Å². The largest absolute Gasteiger partial charge is 0.433 e. The van der Waals surface area contributed by atoms with Gasteiger partial charge in [0.25, 0.3) is 5.91 Å². The number of hydrogen-bond acceptors (Lipinski definition) is 4. The molecule has 166 valence electrons. The maximum Gasteiger partial charge on any atom is 0.433 e. The van der Waals surface area contributed by atoms with E-state index in [1.807, 2.05) is 0 Å². The Morgan fingerprint density at radius 2 is 1.53 bits per heavy atom. The van der Waals surface area contributed by atoms with Gasteiger partial charge in [-0.05, 0) is 48.5 Å². The third-order valence-corrected chi connectivity index (χ3v) is 5.07. The van der Waals surface area contributed by atoms with Gasteiger partial charge in [-0.3, -0.25) is 4.79 Å². The van der Waals surface area contributed by atoms with Gasteiger partial charge in [-0.1, -0.05) is 6.07 Å². The number of benzene rings is 2. The molecule has 1 aliphatic heterocycles. The summed E-state index contributed by atoms with van der Waals surface area (Å²) in [5, 5.41) is 0. The molecule has 10 heteroatoms. The Labute approximate surface area is 180 Å². The third kappa shape index (κ3) is 4.68. The van der Waals surface area contributed by atoms with Crippen LogP contribution in [0.15, 0.2) is 54.6 Å². The van der Waals surface area contributed by atoms with Gasteiger partial charge >= 0.3 is 6.18 Å². The van der Waals surface area contributed by atoms with E-state index in [4.69, 9.17) is 0 Å². The van der Waals surface area contributed by atoms with Crippen LogP contribution in [0.3, 0.4) is 0 Å². The van der Waals surface area contributed by atoms with Crippen molar-refractivity contribution in [1.29, 1.82) is 0 Å². The summed E-state index contributed by atoms with van der Waals surface area (Å²) in [5.74, 6) is -1.53. The molecule has 3 aromatic rings. The Hall–Kier alpha value is -3.56. The van der Waals surface area contributed by atoms with Crippen molar-refractivity contribution in [2.24, 2.45) is 0 Å². The second-order valence-electron chi connectivity index (χ2n) is 7.23. The van der Waals surface area contributed by atoms with Gasteiger partial charge in [0.15, 0.2) is 5.69 Å². The highest BCUT2D eigenvalue weighted by Crippen LogP contribution is 2.32. The standard InChI is InChI=1S/C22H17F5N4O/c23-16-6-4-14(5-7-16)18-13-19(22(25,26)27)29-21(28-18)31-10-8-30(9-11-31)20(32)15-2-1-3-17(24)12-15/h1-7,12-13H,8-11H2. The lowest BCUT2D eigenvalue weighted by atomic mass is 10.1. The summed E-state index contributed by atoms with van der Waals surface area (Å²) in [6, 6.07) is 11.1. The van der Waals surface area contributed by atoms with E-state index >= 15 is 0 Å². The third-order valence-electron chi connectivity index (χ3n) is 5.07. The Kier molecular flexibility index (Phi) is 5.77. The predicted octanol–water partition coefficient (Wildman–Crippen LogP) is 4.40. The molecule has 0 unspecified atom stereocenters. The molecule has 1 amide bonds. The molecule has 0 spiro atoms. The summed E-state index contributed by atoms with van der Waals surface area (Å²) in [7, 11) is 0. The number of rotatable bonds is 3. The number of alkyl halides is 3. The first-order valence-electron chi connectivity index (χ1n) is 9.73. The van der Waals surface area contributed by atoms with E-state index in [0.717, 1.165) is 24.3 Å². The van der Waals surface area contributed by atoms with Crippen molar-refractivity contribution in [3.63, 3.8) is 0 Å². The van der Waals surface area contributed by atoms with Gasteiger partial charge in [0.1, 0.15) is 11.6 Å². The average Bonchev–Trinajstić information content (AvgIpc) is 2.78. The van der Waals surface area contributed by atoms with Crippen LogP contribution in [0.25, 0.3) is 11.3 Å². The van der Waals surface area contributed by atoms with E-state index in [-0.39, 0.29) is 49.3 Å². The molecule has 1 aromatic heterocycles. The zero-order valence-electron chi connectivity index (χ0n) is 16.6. The number of hydrogen-bond donors (Lipinski definition) is 0. The molecule has 0 saturated carbocycles. The Morgan fingerprint density at radius 1 is 0.844 bits per heavy atom. The second kappa shape index (κ2) is 8.52. The summed E-state index contributed by atoms with van der Waals surface area (Å²) in [6.07, 6.45) is -4.69. The molecule has 1 aliphatic rings. The van der Waals surface area contributed by atoms with E-state index in [9.17, 15) is 26.7 Å². The molecular formula is C22H17F5N4O. The van der Waals surface area contributed by atoms with Crippen LogP contribution in [0.2, 0.25) is 0 Å². The molecule has 4 rings (SSSR count). The Balaban J connectivity index is 1.56. The molecule has 1 saturated heterocycles. The highest BCUT2D eigenvalue weighted by Gasteiger charge is 2.35. The van der Waals surface area contributed by atoms with E-state index < -0.39 is 23.5 Å². The number of amides is 1. The van der Waals surface area contributed by atoms with Crippen molar-refractivity contribution < 1.29 is 26.7 Å². The van der Waals surface area contributed by atoms with Crippen molar-refractivity contribution >= 4 is 11.9 Å². The summed E-state index contributed by atoms with van der Waals surface area (Å²) in [4.78, 5) is 23.6. The van der Waals surface area contributed by atoms with Gasteiger partial charge in [0.2, 0.25) is 5.95 Å². The topological polar surface area (TPSA) is 49.3 Å². The highest BCUT2D eigenvalue weighted by molar-refractivity contribution is 5.94. The van der Waals surface area contributed by atoms with Gasteiger partial charge in [-0.15, -0.1) is 0 Å². The Bertz CT molecular complexity index is 1130. The fourth-order valence-electron chi connectivity index (χ4n) is 3.40. The molecule has 2 heterocycles. The monoisotopic (exact) mass is 448 g/mol. The van der Waals surface area contributed by atoms with Gasteiger partial charge in [0.05, 0.1) is 5.69 Å². The number of nitrogens with zero attached hydrogens (tertiary/aromatic N) is 4. The molecule has 0 bridgehead atoms. The van der Waals surface area contributed by atoms with Crippen molar-refractivity contribution in [2.45, 2.75) is 6.18 Å². The number of anilines is 1. The number of halogens is 5. The SMILES string of the molecule is O=C(c1cccc(F)c1)N1CCN(c2nc(-c3ccc(F)cc3)cc(C(F)(F)F)n2)CC1. The van der Waals surface area contributed by atoms with Crippen LogP contribution in [-0.2, 0) is 6.18 Å². The van der Waals surface area contributed by atoms with E-state index in [0.29, 0.717) is 5.56 Å². The highest BCUT2D eigenvalue weighted by atomic mass is 19.4. The van der Waals surface area contributed by atoms with E-state index in [2.05, 4.69) is 9.97 Å². The van der Waals surface area contributed by atoms with Crippen molar-refractivity contribution in [1.82, 2.24) is 14.9 Å². The normalized spacial score (nSPS) is 14.5. The van der Waals surface area contributed by atoms with Crippen LogP contribution in [0, 0.1) is 11.6 Å². The fourth-order valence-corrected chi connectivity index (χ4v) is 3.40. The van der Waals surface area contributed by atoms with Gasteiger partial charge in [-0.25, -0.2) is 18.7 Å². The summed E-state index contributed by atoms with van der Waals surface area (Å²) >= 11 is 0. The predicted molar refractivity (Wildman–Crippen MR) is 107 cm³/mol. The smallest absolute Gasteiger partial charge is 0.337 e. The Morgan fingerprint density at radius 3 is 2.16 bits per heavy atom. The summed E-state index contributed by atoms with van der Waals surface area (Å²) < 4.78 is 66.9. The summed E-state index contributed by atoms with van der Waals surface area (Å²) in [5.41, 5.74) is -0.575. The first-order chi connectivity index (χ1) is 15.2. The molecule has 0 N–H and O–H groups in total. The zero-order valence-corrected chi connectivity index (χ0v) is 16.6. The van der Waals surface area contributed by atoms with Gasteiger partial charge < -0.3 is 9.80 Å². The van der Waals surface area contributed by atoms with Crippen LogP contribution in [0.4, 0.5) is 27.9 Å². The van der Waals surface area contributed by atoms with Crippen molar-refractivity contribution in [3.05, 3.63) is 77.5 Å². The van der Waals surface area contributed by atoms with Crippen molar-refractivity contribution in [3.8, 4) is 11.3 Å². The van der Waals surface area contributed by atoms with Gasteiger partial charge in [0, 0.05) is 37.3 Å². The van der Waals surface area contributed by atoms with E-state index in [1.54, 1.807) is 4.90 Å². The lowest BCUT2D eigenvalue weighted by Crippen LogP contribution is -2.49. The number of carbonyl (C=O) groups is 1. The quantitative estimate of drug-likeness (QED) is 0.558. The lowest BCUT2D eigenvalue weighted by Gasteiger charge is -2.35. The van der Waals surface area contributed by atoms with Crippen LogP contribution in [0.1, 0.15) is 16.1 Å². The second-order valence-corrected chi connectivity index (χ2v) is 7.23. The molecule has 1 fully saturated rings. The molecule has 5 nitrogen and oxygen atoms in total. The van der Waals surface area contributed by atoms with Crippen LogP contribution in [0.5, 0.6) is 0 Å². The molecule has 0 radical (unpaired) electrons. The van der Waals surface area contributed by atoms with E-state index in [1.165, 1.54) is 35.2 Å². The molecule has 32 heavy (non-hydrogen) atoms. The zero-order chi connectivity index (χ0) is 22.9. The first-order valence-corrected chi connectivity index (χ1v) is 9.73. The number of piperazine rings is 1. The molecule has 0 aliphatic carbocycles. The number of aromatic nitrogens is 2. The minimum Gasteiger partial charge on any atom is -0.337 e. The van der Waals surface area contributed by atoms with Crippen LogP contribution >= 0.6 is 0 Å². The molecular weight excluding hydrogens is 431 g/mol. The average molecular weight is 448 g/mol. The number of carbonyl (C=O) groups excluding carboxylic acids is 1. The first kappa shape index (κ1) is 21.7. The maximum absolute atomic E-state index is 13.4. The van der Waals surface area contributed by atoms with Crippen LogP contribution < -0.4 is 4.90 Å². The minimum atomic E-state index is -4.69. The molecule has 0 atom stereocenters. The minimum absolute atomic E-state index is 0.0144. The van der Waals surface area contributed by atoms with Crippen LogP contribution in [-0.4, -0.2) is 47.0 Å². The summed E-state index contributed by atoms with van der Waals surface area (Å²) in [6.45, 7) is 0.818.